The summed E-state index contributed by atoms with van der Waals surface area (Å²) in [5.41, 5.74) is -1.28. The number of rotatable bonds is 4. The Kier molecular flexibility index (Phi) is 4.35. The van der Waals surface area contributed by atoms with E-state index >= 15 is 0 Å². The molecule has 7 heteroatoms. The Morgan fingerprint density at radius 2 is 1.68 bits per heavy atom. The summed E-state index contributed by atoms with van der Waals surface area (Å²) < 4.78 is 61.3. The lowest BCUT2D eigenvalue weighted by Crippen LogP contribution is -2.06. The fraction of sp³-hybridized carbons (Fsp3) is 0.133. The molecule has 0 aromatic heterocycles. The van der Waals surface area contributed by atoms with Gasteiger partial charge < -0.3 is 9.47 Å². The Morgan fingerprint density at radius 3 is 2.27 bits per heavy atom. The quantitative estimate of drug-likeness (QED) is 0.617. The van der Waals surface area contributed by atoms with Crippen molar-refractivity contribution in [2.75, 3.05) is 7.11 Å². The third-order valence-corrected chi connectivity index (χ3v) is 2.81. The normalized spacial score (nSPS) is 11.1. The number of ether oxygens (including phenoxy) is 2. The molecule has 0 spiro atoms. The van der Waals surface area contributed by atoms with E-state index in [0.29, 0.717) is 6.07 Å². The minimum Gasteiger partial charge on any atom is -0.493 e. The van der Waals surface area contributed by atoms with E-state index in [2.05, 4.69) is 0 Å². The predicted molar refractivity (Wildman–Crippen MR) is 69.9 cm³/mol. The molecule has 2 aromatic rings. The van der Waals surface area contributed by atoms with Gasteiger partial charge in [-0.1, -0.05) is 0 Å². The largest absolute Gasteiger partial charge is 0.493 e. The molecule has 0 atom stereocenters. The topological polar surface area (TPSA) is 35.5 Å². The first-order valence-electron chi connectivity index (χ1n) is 6.03. The van der Waals surface area contributed by atoms with Gasteiger partial charge in [-0.2, -0.15) is 13.2 Å². The van der Waals surface area contributed by atoms with Gasteiger partial charge >= 0.3 is 6.18 Å². The predicted octanol–water partition coefficient (Wildman–Crippen LogP) is 4.46. The smallest absolute Gasteiger partial charge is 0.416 e. The van der Waals surface area contributed by atoms with Crippen molar-refractivity contribution in [3.63, 3.8) is 0 Å². The van der Waals surface area contributed by atoms with Gasteiger partial charge in [0, 0.05) is 6.07 Å². The Hall–Kier alpha value is -2.57. The minimum atomic E-state index is -4.58. The third kappa shape index (κ3) is 3.36. The van der Waals surface area contributed by atoms with E-state index in [1.165, 1.54) is 13.2 Å². The van der Waals surface area contributed by atoms with Crippen LogP contribution in [0.3, 0.4) is 0 Å². The second-order valence-electron chi connectivity index (χ2n) is 4.27. The van der Waals surface area contributed by atoms with Crippen molar-refractivity contribution in [1.29, 1.82) is 0 Å². The van der Waals surface area contributed by atoms with Crippen molar-refractivity contribution in [2.45, 2.75) is 6.18 Å². The highest BCUT2D eigenvalue weighted by Gasteiger charge is 2.31. The van der Waals surface area contributed by atoms with E-state index in [0.717, 1.165) is 24.3 Å². The van der Waals surface area contributed by atoms with Gasteiger partial charge in [0.05, 0.1) is 18.2 Å². The summed E-state index contributed by atoms with van der Waals surface area (Å²) in [7, 11) is 1.33. The van der Waals surface area contributed by atoms with E-state index in [9.17, 15) is 22.4 Å². The number of aldehydes is 1. The van der Waals surface area contributed by atoms with Crippen LogP contribution in [0, 0.1) is 5.82 Å². The van der Waals surface area contributed by atoms with Crippen LogP contribution in [-0.4, -0.2) is 13.4 Å². The van der Waals surface area contributed by atoms with Gasteiger partial charge in [0.25, 0.3) is 0 Å². The summed E-state index contributed by atoms with van der Waals surface area (Å²) in [6.07, 6.45) is -4.34. The molecule has 22 heavy (non-hydrogen) atoms. The molecule has 0 N–H and O–H groups in total. The van der Waals surface area contributed by atoms with E-state index < -0.39 is 17.6 Å². The summed E-state index contributed by atoms with van der Waals surface area (Å²) in [5.74, 6) is -0.620. The standard InChI is InChI=1S/C15H10F4O3/c1-21-13-5-3-11(16)7-14(13)22-12-4-2-10(15(17,18)19)6-9(12)8-20/h2-8H,1H3. The van der Waals surface area contributed by atoms with Crippen LogP contribution < -0.4 is 9.47 Å². The van der Waals surface area contributed by atoms with E-state index in [1.807, 2.05) is 0 Å². The van der Waals surface area contributed by atoms with Crippen LogP contribution in [0.2, 0.25) is 0 Å². The lowest BCUT2D eigenvalue weighted by molar-refractivity contribution is -0.137. The zero-order valence-electron chi connectivity index (χ0n) is 11.3. The monoisotopic (exact) mass is 314 g/mol. The number of methoxy groups -OCH3 is 1. The van der Waals surface area contributed by atoms with Crippen LogP contribution in [-0.2, 0) is 6.18 Å². The molecule has 3 nitrogen and oxygen atoms in total. The van der Waals surface area contributed by atoms with Gasteiger partial charge in [-0.25, -0.2) is 4.39 Å². The van der Waals surface area contributed by atoms with Gasteiger partial charge in [-0.3, -0.25) is 4.79 Å². The van der Waals surface area contributed by atoms with Gasteiger partial charge in [-0.15, -0.1) is 0 Å². The average Bonchev–Trinajstić information content (AvgIpc) is 2.46. The zero-order valence-corrected chi connectivity index (χ0v) is 11.3. The summed E-state index contributed by atoms with van der Waals surface area (Å²) in [4.78, 5) is 11.0. The van der Waals surface area contributed by atoms with Crippen LogP contribution >= 0.6 is 0 Å². The highest BCUT2D eigenvalue weighted by atomic mass is 19.4. The van der Waals surface area contributed by atoms with Crippen molar-refractivity contribution < 1.29 is 31.8 Å². The summed E-state index contributed by atoms with van der Waals surface area (Å²) >= 11 is 0. The van der Waals surface area contributed by atoms with Crippen LogP contribution in [0.15, 0.2) is 36.4 Å². The van der Waals surface area contributed by atoms with Gasteiger partial charge in [0.1, 0.15) is 11.6 Å². The van der Waals surface area contributed by atoms with Crippen LogP contribution in [0.5, 0.6) is 17.2 Å². The molecule has 2 rings (SSSR count). The third-order valence-electron chi connectivity index (χ3n) is 2.81. The Bertz CT molecular complexity index is 696. The summed E-state index contributed by atoms with van der Waals surface area (Å²) in [5, 5.41) is 0. The fourth-order valence-corrected chi connectivity index (χ4v) is 1.76. The number of carbonyl (C=O) groups excluding carboxylic acids is 1. The van der Waals surface area contributed by atoms with E-state index in [4.69, 9.17) is 9.47 Å². The lowest BCUT2D eigenvalue weighted by atomic mass is 10.1. The summed E-state index contributed by atoms with van der Waals surface area (Å²) in [6, 6.07) is 5.87. The van der Waals surface area contributed by atoms with Crippen LogP contribution in [0.25, 0.3) is 0 Å². The second-order valence-corrected chi connectivity index (χ2v) is 4.27. The Morgan fingerprint density at radius 1 is 1.00 bits per heavy atom. The average molecular weight is 314 g/mol. The number of halogens is 4. The molecule has 0 aliphatic rings. The zero-order chi connectivity index (χ0) is 16.3. The molecule has 2 aromatic carbocycles. The molecular weight excluding hydrogens is 304 g/mol. The van der Waals surface area contributed by atoms with Crippen molar-refractivity contribution in [3.05, 3.63) is 53.3 Å². The second kappa shape index (κ2) is 6.05. The van der Waals surface area contributed by atoms with Crippen LogP contribution in [0.4, 0.5) is 17.6 Å². The molecule has 0 aliphatic carbocycles. The SMILES string of the molecule is COc1ccc(F)cc1Oc1ccc(C(F)(F)F)cc1C=O. The van der Waals surface area contributed by atoms with Crippen LogP contribution in [0.1, 0.15) is 15.9 Å². The minimum absolute atomic E-state index is 0.0506. The van der Waals surface area contributed by atoms with E-state index in [1.54, 1.807) is 0 Å². The van der Waals surface area contributed by atoms with Crippen molar-refractivity contribution >= 4 is 6.29 Å². The molecule has 0 aliphatic heterocycles. The number of benzene rings is 2. The summed E-state index contributed by atoms with van der Waals surface area (Å²) in [6.45, 7) is 0. The maximum absolute atomic E-state index is 13.2. The van der Waals surface area contributed by atoms with Gasteiger partial charge in [0.15, 0.2) is 17.8 Å². The molecule has 0 radical (unpaired) electrons. The fourth-order valence-electron chi connectivity index (χ4n) is 1.76. The molecule has 0 amide bonds. The highest BCUT2D eigenvalue weighted by Crippen LogP contribution is 2.36. The molecular formula is C15H10F4O3. The number of hydrogen-bond acceptors (Lipinski definition) is 3. The highest BCUT2D eigenvalue weighted by molar-refractivity contribution is 5.80. The van der Waals surface area contributed by atoms with E-state index in [-0.39, 0.29) is 29.1 Å². The first-order chi connectivity index (χ1) is 10.3. The molecule has 0 saturated carbocycles. The Labute approximate surface area is 123 Å². The number of carbonyl (C=O) groups is 1. The molecule has 0 fully saturated rings. The number of hydrogen-bond donors (Lipinski definition) is 0. The van der Waals surface area contributed by atoms with Crippen molar-refractivity contribution in [1.82, 2.24) is 0 Å². The molecule has 0 heterocycles. The first-order valence-corrected chi connectivity index (χ1v) is 6.03. The molecule has 0 saturated heterocycles. The molecule has 0 bridgehead atoms. The number of alkyl halides is 3. The van der Waals surface area contributed by atoms with Crippen molar-refractivity contribution in [3.8, 4) is 17.2 Å². The molecule has 116 valence electrons. The molecule has 0 unspecified atom stereocenters. The van der Waals surface area contributed by atoms with Crippen molar-refractivity contribution in [2.24, 2.45) is 0 Å². The maximum atomic E-state index is 13.2. The van der Waals surface area contributed by atoms with Gasteiger partial charge in [-0.05, 0) is 30.3 Å². The lowest BCUT2D eigenvalue weighted by Gasteiger charge is -2.13. The van der Waals surface area contributed by atoms with Gasteiger partial charge in [0.2, 0.25) is 0 Å². The maximum Gasteiger partial charge on any atom is 0.416 e. The Balaban J connectivity index is 2.42. The first kappa shape index (κ1) is 15.8.